The average molecular weight is 521 g/mol. The van der Waals surface area contributed by atoms with Crippen molar-refractivity contribution in [1.29, 1.82) is 0 Å². The minimum Gasteiger partial charge on any atom is -0.373 e. The smallest absolute Gasteiger partial charge is 0.166 e. The molecule has 2 unspecified atom stereocenters. The molecular formula is C34H39F3O. The van der Waals surface area contributed by atoms with E-state index in [4.69, 9.17) is 4.74 Å². The Bertz CT molecular complexity index is 1210. The van der Waals surface area contributed by atoms with E-state index in [1.54, 1.807) is 48.5 Å². The zero-order valence-electron chi connectivity index (χ0n) is 22.6. The number of rotatable bonds is 11. The standard InChI is InChI=1S/C34H39F3O/c1-3-5-7-9-11-27-17-20-30(34(37)33(27)36)26-15-13-25(14-16-26)29-19-18-28(22-31(29)35)32-21-12-24(23-38-32)10-8-6-4-2/h3,5,13-20,22,24,32H,4,6-12,21,23H2,1-2H3. The summed E-state index contributed by atoms with van der Waals surface area (Å²) >= 11 is 0. The number of hydrogen-bond acceptors (Lipinski definition) is 1. The lowest BCUT2D eigenvalue weighted by atomic mass is 9.90. The third-order valence-corrected chi connectivity index (χ3v) is 7.67. The van der Waals surface area contributed by atoms with Crippen molar-refractivity contribution in [1.82, 2.24) is 0 Å². The molecule has 0 N–H and O–H groups in total. The van der Waals surface area contributed by atoms with E-state index < -0.39 is 11.6 Å². The largest absolute Gasteiger partial charge is 0.373 e. The van der Waals surface area contributed by atoms with E-state index >= 15 is 4.39 Å². The van der Waals surface area contributed by atoms with Crippen molar-refractivity contribution >= 4 is 0 Å². The Morgan fingerprint density at radius 1 is 0.842 bits per heavy atom. The Labute approximate surface area is 225 Å². The second-order valence-electron chi connectivity index (χ2n) is 10.4. The maximum atomic E-state index is 15.1. The van der Waals surface area contributed by atoms with Crippen molar-refractivity contribution in [2.45, 2.75) is 77.7 Å². The zero-order chi connectivity index (χ0) is 26.9. The van der Waals surface area contributed by atoms with Gasteiger partial charge in [-0.15, -0.1) is 0 Å². The fourth-order valence-electron chi connectivity index (χ4n) is 5.36. The van der Waals surface area contributed by atoms with Crippen LogP contribution in [0.15, 0.2) is 66.7 Å². The molecule has 202 valence electrons. The van der Waals surface area contributed by atoms with Crippen LogP contribution in [0.25, 0.3) is 22.3 Å². The minimum atomic E-state index is -0.836. The van der Waals surface area contributed by atoms with Gasteiger partial charge in [-0.05, 0) is 79.7 Å². The molecule has 1 aliphatic heterocycles. The summed E-state index contributed by atoms with van der Waals surface area (Å²) in [5.41, 5.74) is 3.22. The number of aryl methyl sites for hydroxylation is 1. The van der Waals surface area contributed by atoms with Crippen molar-refractivity contribution in [3.63, 3.8) is 0 Å². The summed E-state index contributed by atoms with van der Waals surface area (Å²) < 4.78 is 50.8. The molecule has 3 aromatic rings. The molecule has 0 bridgehead atoms. The van der Waals surface area contributed by atoms with E-state index in [1.807, 2.05) is 25.1 Å². The van der Waals surface area contributed by atoms with Gasteiger partial charge < -0.3 is 4.74 Å². The van der Waals surface area contributed by atoms with Gasteiger partial charge in [-0.3, -0.25) is 0 Å². The fourth-order valence-corrected chi connectivity index (χ4v) is 5.36. The molecule has 1 nitrogen and oxygen atoms in total. The second-order valence-corrected chi connectivity index (χ2v) is 10.4. The van der Waals surface area contributed by atoms with Crippen molar-refractivity contribution in [3.05, 3.63) is 95.3 Å². The molecule has 0 amide bonds. The van der Waals surface area contributed by atoms with E-state index in [2.05, 4.69) is 6.92 Å². The monoisotopic (exact) mass is 520 g/mol. The van der Waals surface area contributed by atoms with Gasteiger partial charge in [-0.2, -0.15) is 0 Å². The summed E-state index contributed by atoms with van der Waals surface area (Å²) in [5.74, 6) is -1.32. The van der Waals surface area contributed by atoms with E-state index in [0.717, 1.165) is 37.9 Å². The maximum Gasteiger partial charge on any atom is 0.166 e. The number of allylic oxidation sites excluding steroid dienone is 2. The normalized spacial score (nSPS) is 17.8. The van der Waals surface area contributed by atoms with Crippen LogP contribution in [0.4, 0.5) is 13.2 Å². The number of benzene rings is 3. The van der Waals surface area contributed by atoms with Crippen LogP contribution in [0.2, 0.25) is 0 Å². The van der Waals surface area contributed by atoms with E-state index in [-0.39, 0.29) is 17.5 Å². The molecule has 1 aliphatic rings. The Balaban J connectivity index is 1.42. The summed E-state index contributed by atoms with van der Waals surface area (Å²) in [7, 11) is 0. The lowest BCUT2D eigenvalue weighted by Gasteiger charge is -2.29. The van der Waals surface area contributed by atoms with Crippen LogP contribution in [0.1, 0.15) is 82.4 Å². The number of halogens is 3. The number of unbranched alkanes of at least 4 members (excludes halogenated alkanes) is 3. The summed E-state index contributed by atoms with van der Waals surface area (Å²) in [6, 6.07) is 15.6. The molecule has 38 heavy (non-hydrogen) atoms. The van der Waals surface area contributed by atoms with Crippen molar-refractivity contribution in [3.8, 4) is 22.3 Å². The minimum absolute atomic E-state index is 0.0627. The van der Waals surface area contributed by atoms with Crippen LogP contribution in [-0.2, 0) is 11.2 Å². The van der Waals surface area contributed by atoms with Gasteiger partial charge in [-0.1, -0.05) is 86.9 Å². The molecule has 3 aromatic carbocycles. The highest BCUT2D eigenvalue weighted by molar-refractivity contribution is 5.71. The van der Waals surface area contributed by atoms with Crippen LogP contribution in [0, 0.1) is 23.4 Å². The molecule has 1 fully saturated rings. The quantitative estimate of drug-likeness (QED) is 0.180. The molecule has 1 saturated heterocycles. The predicted octanol–water partition coefficient (Wildman–Crippen LogP) is 10.4. The fraction of sp³-hybridized carbons (Fsp3) is 0.412. The highest BCUT2D eigenvalue weighted by Crippen LogP contribution is 2.35. The molecular weight excluding hydrogens is 481 g/mol. The molecule has 0 aromatic heterocycles. The Hall–Kier alpha value is -2.85. The highest BCUT2D eigenvalue weighted by atomic mass is 19.2. The van der Waals surface area contributed by atoms with Gasteiger partial charge in [0.1, 0.15) is 5.82 Å². The molecule has 0 spiro atoms. The van der Waals surface area contributed by atoms with Gasteiger partial charge in [0.05, 0.1) is 12.7 Å². The van der Waals surface area contributed by atoms with Crippen molar-refractivity contribution < 1.29 is 17.9 Å². The summed E-state index contributed by atoms with van der Waals surface area (Å²) in [4.78, 5) is 0. The molecule has 1 heterocycles. The Kier molecular flexibility index (Phi) is 10.2. The maximum absolute atomic E-state index is 15.1. The number of ether oxygens (including phenoxy) is 1. The van der Waals surface area contributed by atoms with Crippen LogP contribution < -0.4 is 0 Å². The molecule has 0 aliphatic carbocycles. The van der Waals surface area contributed by atoms with Gasteiger partial charge in [0.2, 0.25) is 0 Å². The van der Waals surface area contributed by atoms with E-state index in [1.165, 1.54) is 25.7 Å². The van der Waals surface area contributed by atoms with Crippen LogP contribution >= 0.6 is 0 Å². The van der Waals surface area contributed by atoms with Crippen LogP contribution in [0.3, 0.4) is 0 Å². The van der Waals surface area contributed by atoms with Crippen molar-refractivity contribution in [2.24, 2.45) is 5.92 Å². The lowest BCUT2D eigenvalue weighted by Crippen LogP contribution is -2.20. The predicted molar refractivity (Wildman–Crippen MR) is 150 cm³/mol. The van der Waals surface area contributed by atoms with Crippen molar-refractivity contribution in [2.75, 3.05) is 6.61 Å². The summed E-state index contributed by atoms with van der Waals surface area (Å²) in [6.45, 7) is 4.90. The first kappa shape index (κ1) is 28.2. The van der Waals surface area contributed by atoms with Gasteiger partial charge in [0.15, 0.2) is 11.6 Å². The zero-order valence-corrected chi connectivity index (χ0v) is 22.6. The summed E-state index contributed by atoms with van der Waals surface area (Å²) in [5, 5.41) is 0. The third-order valence-electron chi connectivity index (χ3n) is 7.67. The van der Waals surface area contributed by atoms with Crippen LogP contribution in [-0.4, -0.2) is 6.61 Å². The van der Waals surface area contributed by atoms with E-state index in [9.17, 15) is 8.78 Å². The first-order valence-electron chi connectivity index (χ1n) is 14.1. The lowest BCUT2D eigenvalue weighted by molar-refractivity contribution is -0.0200. The molecule has 0 saturated carbocycles. The SMILES string of the molecule is CC=CCCCc1ccc(-c2ccc(-c3ccc(C4CCC(CCCCC)CO4)cc3F)cc2)c(F)c1F. The number of hydrogen-bond donors (Lipinski definition) is 0. The van der Waals surface area contributed by atoms with Crippen LogP contribution in [0.5, 0.6) is 0 Å². The molecule has 4 rings (SSSR count). The van der Waals surface area contributed by atoms with E-state index in [0.29, 0.717) is 34.6 Å². The highest BCUT2D eigenvalue weighted by Gasteiger charge is 2.23. The topological polar surface area (TPSA) is 9.23 Å². The van der Waals surface area contributed by atoms with Gasteiger partial charge in [-0.25, -0.2) is 13.2 Å². The molecule has 2 atom stereocenters. The molecule has 4 heteroatoms. The Morgan fingerprint density at radius 2 is 1.58 bits per heavy atom. The Morgan fingerprint density at radius 3 is 2.24 bits per heavy atom. The third kappa shape index (κ3) is 6.96. The molecule has 0 radical (unpaired) electrons. The summed E-state index contributed by atoms with van der Waals surface area (Å²) in [6.07, 6.45) is 13.0. The average Bonchev–Trinajstić information content (AvgIpc) is 2.94. The van der Waals surface area contributed by atoms with Gasteiger partial charge in [0, 0.05) is 11.1 Å². The van der Waals surface area contributed by atoms with Gasteiger partial charge in [0.25, 0.3) is 0 Å². The van der Waals surface area contributed by atoms with Gasteiger partial charge >= 0.3 is 0 Å². The second kappa shape index (κ2) is 13.8. The first-order chi connectivity index (χ1) is 18.5. The first-order valence-corrected chi connectivity index (χ1v) is 14.1.